The van der Waals surface area contributed by atoms with Crippen molar-refractivity contribution in [2.75, 3.05) is 19.7 Å². The van der Waals surface area contributed by atoms with E-state index in [1.54, 1.807) is 12.1 Å². The fraction of sp³-hybridized carbons (Fsp3) is 0.400. The van der Waals surface area contributed by atoms with Gasteiger partial charge in [0, 0.05) is 26.1 Å². The highest BCUT2D eigenvalue weighted by Gasteiger charge is 2.31. The standard InChI is InChI=1S/C30H34N2O5/c1-3-28(33)32-14-13-21-9-10-23(17-26(21)29(32)22-7-4-6-20(2)16-22)36-19-25-11-12-27(37-25)30(34)31-18-24-8-5-15-35-24/h4,6-7,9-12,16-17,24,29H,3,5,8,13-15,18-19H2,1-2H3,(H,31,34)/t24-,29-/m0/s1. The number of carbonyl (C=O) groups excluding carboxylic acids is 2. The zero-order chi connectivity index (χ0) is 25.8. The van der Waals surface area contributed by atoms with E-state index in [9.17, 15) is 9.59 Å². The molecule has 5 rings (SSSR count). The minimum atomic E-state index is -0.253. The third-order valence-corrected chi connectivity index (χ3v) is 7.11. The van der Waals surface area contributed by atoms with Crippen LogP contribution in [0.15, 0.2) is 59.0 Å². The van der Waals surface area contributed by atoms with Gasteiger partial charge in [-0.1, -0.05) is 42.8 Å². The molecule has 194 valence electrons. The molecular weight excluding hydrogens is 468 g/mol. The largest absolute Gasteiger partial charge is 0.486 e. The van der Waals surface area contributed by atoms with E-state index in [2.05, 4.69) is 36.5 Å². The Balaban J connectivity index is 1.30. The van der Waals surface area contributed by atoms with E-state index in [1.165, 1.54) is 5.56 Å². The summed E-state index contributed by atoms with van der Waals surface area (Å²) in [4.78, 5) is 27.3. The van der Waals surface area contributed by atoms with Crippen molar-refractivity contribution in [2.24, 2.45) is 0 Å². The van der Waals surface area contributed by atoms with E-state index in [1.807, 2.05) is 30.0 Å². The van der Waals surface area contributed by atoms with Crippen LogP contribution in [0.2, 0.25) is 0 Å². The van der Waals surface area contributed by atoms with Gasteiger partial charge in [-0.25, -0.2) is 0 Å². The molecule has 2 atom stereocenters. The number of ether oxygens (including phenoxy) is 2. The van der Waals surface area contributed by atoms with Crippen LogP contribution in [0.4, 0.5) is 0 Å². The van der Waals surface area contributed by atoms with Gasteiger partial charge in [0.2, 0.25) is 5.91 Å². The van der Waals surface area contributed by atoms with Gasteiger partial charge in [0.05, 0.1) is 12.1 Å². The van der Waals surface area contributed by atoms with Crippen molar-refractivity contribution >= 4 is 11.8 Å². The molecule has 0 spiro atoms. The summed E-state index contributed by atoms with van der Waals surface area (Å²) in [6.07, 6.45) is 3.36. The minimum absolute atomic E-state index is 0.0814. The van der Waals surface area contributed by atoms with Crippen LogP contribution in [0.25, 0.3) is 0 Å². The van der Waals surface area contributed by atoms with Gasteiger partial charge in [0.25, 0.3) is 5.91 Å². The van der Waals surface area contributed by atoms with Crippen molar-refractivity contribution in [3.8, 4) is 5.75 Å². The molecular formula is C30H34N2O5. The number of fused-ring (bicyclic) bond motifs is 1. The van der Waals surface area contributed by atoms with E-state index < -0.39 is 0 Å². The molecule has 0 bridgehead atoms. The van der Waals surface area contributed by atoms with Crippen molar-refractivity contribution in [1.82, 2.24) is 10.2 Å². The first-order chi connectivity index (χ1) is 18.0. The van der Waals surface area contributed by atoms with E-state index in [4.69, 9.17) is 13.9 Å². The summed E-state index contributed by atoms with van der Waals surface area (Å²) < 4.78 is 17.4. The summed E-state index contributed by atoms with van der Waals surface area (Å²) in [5.41, 5.74) is 4.57. The first-order valence-electron chi connectivity index (χ1n) is 13.1. The van der Waals surface area contributed by atoms with Gasteiger partial charge < -0.3 is 24.1 Å². The number of nitrogens with one attached hydrogen (secondary N) is 1. The third kappa shape index (κ3) is 5.72. The molecule has 7 heteroatoms. The quantitative estimate of drug-likeness (QED) is 0.471. The lowest BCUT2D eigenvalue weighted by atomic mass is 9.87. The summed E-state index contributed by atoms with van der Waals surface area (Å²) in [7, 11) is 0. The van der Waals surface area contributed by atoms with Crippen molar-refractivity contribution < 1.29 is 23.5 Å². The third-order valence-electron chi connectivity index (χ3n) is 7.11. The molecule has 1 N–H and O–H groups in total. The summed E-state index contributed by atoms with van der Waals surface area (Å²) in [5, 5.41) is 2.87. The number of furan rings is 1. The van der Waals surface area contributed by atoms with Crippen LogP contribution in [0.3, 0.4) is 0 Å². The number of rotatable bonds is 8. The van der Waals surface area contributed by atoms with Crippen LogP contribution < -0.4 is 10.1 Å². The molecule has 3 aromatic rings. The SMILES string of the molecule is CCC(=O)N1CCc2ccc(OCc3ccc(C(=O)NC[C@@H]4CCCO4)o3)cc2[C@@H]1c1cccc(C)c1. The number of nitrogens with zero attached hydrogens (tertiary/aromatic N) is 1. The Morgan fingerprint density at radius 3 is 2.81 bits per heavy atom. The van der Waals surface area contributed by atoms with E-state index >= 15 is 0 Å². The number of hydrogen-bond acceptors (Lipinski definition) is 5. The van der Waals surface area contributed by atoms with Gasteiger partial charge in [0.1, 0.15) is 18.1 Å². The minimum Gasteiger partial charge on any atom is -0.486 e. The molecule has 2 aromatic carbocycles. The highest BCUT2D eigenvalue weighted by Crippen LogP contribution is 2.38. The molecule has 2 aliphatic rings. The molecule has 0 saturated carbocycles. The number of carbonyl (C=O) groups is 2. The van der Waals surface area contributed by atoms with Gasteiger partial charge >= 0.3 is 0 Å². The monoisotopic (exact) mass is 502 g/mol. The highest BCUT2D eigenvalue weighted by molar-refractivity contribution is 5.91. The maximum absolute atomic E-state index is 12.9. The normalized spacial score (nSPS) is 18.9. The van der Waals surface area contributed by atoms with E-state index in [-0.39, 0.29) is 36.3 Å². The van der Waals surface area contributed by atoms with Gasteiger partial charge in [-0.2, -0.15) is 0 Å². The molecule has 7 nitrogen and oxygen atoms in total. The Kier molecular flexibility index (Phi) is 7.60. The van der Waals surface area contributed by atoms with Gasteiger partial charge in [-0.3, -0.25) is 9.59 Å². The predicted molar refractivity (Wildman–Crippen MR) is 140 cm³/mol. The van der Waals surface area contributed by atoms with Crippen LogP contribution >= 0.6 is 0 Å². The van der Waals surface area contributed by atoms with Gasteiger partial charge in [-0.15, -0.1) is 0 Å². The number of hydrogen-bond donors (Lipinski definition) is 1. The zero-order valence-electron chi connectivity index (χ0n) is 21.5. The Bertz CT molecular complexity index is 1260. The number of aryl methyl sites for hydroxylation is 1. The Labute approximate surface area is 217 Å². The smallest absolute Gasteiger partial charge is 0.287 e. The lowest BCUT2D eigenvalue weighted by Gasteiger charge is -2.38. The fourth-order valence-electron chi connectivity index (χ4n) is 5.19. The fourth-order valence-corrected chi connectivity index (χ4v) is 5.19. The van der Waals surface area contributed by atoms with Crippen molar-refractivity contribution in [3.05, 3.63) is 88.4 Å². The second kappa shape index (κ2) is 11.2. The Hall–Kier alpha value is -3.58. The second-order valence-corrected chi connectivity index (χ2v) is 9.77. The molecule has 0 aliphatic carbocycles. The van der Waals surface area contributed by atoms with Crippen molar-refractivity contribution in [3.63, 3.8) is 0 Å². The number of benzene rings is 2. The average Bonchev–Trinajstić information content (AvgIpc) is 3.62. The molecule has 0 radical (unpaired) electrons. The molecule has 2 aliphatic heterocycles. The molecule has 0 unspecified atom stereocenters. The average molecular weight is 503 g/mol. The lowest BCUT2D eigenvalue weighted by molar-refractivity contribution is -0.132. The van der Waals surface area contributed by atoms with Crippen LogP contribution in [-0.2, 0) is 22.6 Å². The van der Waals surface area contributed by atoms with Crippen LogP contribution in [0.1, 0.15) is 70.8 Å². The molecule has 3 heterocycles. The molecule has 37 heavy (non-hydrogen) atoms. The molecule has 2 amide bonds. The maximum Gasteiger partial charge on any atom is 0.287 e. The first kappa shape index (κ1) is 25.1. The van der Waals surface area contributed by atoms with Crippen LogP contribution in [-0.4, -0.2) is 42.5 Å². The lowest BCUT2D eigenvalue weighted by Crippen LogP contribution is -2.40. The molecule has 1 aromatic heterocycles. The topological polar surface area (TPSA) is 81.0 Å². The van der Waals surface area contributed by atoms with E-state index in [0.29, 0.717) is 31.0 Å². The van der Waals surface area contributed by atoms with Crippen LogP contribution in [0, 0.1) is 6.92 Å². The Morgan fingerprint density at radius 2 is 2.03 bits per heavy atom. The summed E-state index contributed by atoms with van der Waals surface area (Å²) in [6.45, 7) is 6.11. The van der Waals surface area contributed by atoms with Gasteiger partial charge in [0.15, 0.2) is 5.76 Å². The van der Waals surface area contributed by atoms with Crippen molar-refractivity contribution in [2.45, 2.75) is 58.3 Å². The Morgan fingerprint density at radius 1 is 1.14 bits per heavy atom. The van der Waals surface area contributed by atoms with Crippen LogP contribution in [0.5, 0.6) is 5.75 Å². The number of amides is 2. The highest BCUT2D eigenvalue weighted by atomic mass is 16.5. The predicted octanol–water partition coefficient (Wildman–Crippen LogP) is 4.96. The summed E-state index contributed by atoms with van der Waals surface area (Å²) in [6, 6.07) is 17.7. The molecule has 1 saturated heterocycles. The zero-order valence-corrected chi connectivity index (χ0v) is 21.5. The van der Waals surface area contributed by atoms with Gasteiger partial charge in [-0.05, 0) is 67.1 Å². The summed E-state index contributed by atoms with van der Waals surface area (Å²) >= 11 is 0. The molecule has 1 fully saturated rings. The van der Waals surface area contributed by atoms with E-state index in [0.717, 1.165) is 42.6 Å². The maximum atomic E-state index is 12.9. The first-order valence-corrected chi connectivity index (χ1v) is 13.1. The second-order valence-electron chi connectivity index (χ2n) is 9.77. The summed E-state index contributed by atoms with van der Waals surface area (Å²) in [5.74, 6) is 1.41. The van der Waals surface area contributed by atoms with Crippen molar-refractivity contribution in [1.29, 1.82) is 0 Å².